The second-order valence-electron chi connectivity index (χ2n) is 5.28. The molecule has 0 unspecified atom stereocenters. The van der Waals surface area contributed by atoms with E-state index in [0.29, 0.717) is 12.5 Å². The van der Waals surface area contributed by atoms with Crippen molar-refractivity contribution in [2.24, 2.45) is 7.05 Å². The Morgan fingerprint density at radius 1 is 1.18 bits per heavy atom. The van der Waals surface area contributed by atoms with Crippen LogP contribution in [-0.4, -0.2) is 21.9 Å². The van der Waals surface area contributed by atoms with Crippen molar-refractivity contribution in [3.05, 3.63) is 47.3 Å². The van der Waals surface area contributed by atoms with E-state index in [9.17, 15) is 0 Å². The van der Waals surface area contributed by atoms with Gasteiger partial charge in [0.1, 0.15) is 17.9 Å². The number of benzene rings is 1. The fraction of sp³-hybridized carbons (Fsp3) is 0.294. The summed E-state index contributed by atoms with van der Waals surface area (Å²) in [5.74, 6) is 1.35. The summed E-state index contributed by atoms with van der Waals surface area (Å²) in [5.41, 5.74) is 4.34. The zero-order chi connectivity index (χ0) is 15.7. The molecule has 3 aromatic rings. The second-order valence-corrected chi connectivity index (χ2v) is 5.28. The van der Waals surface area contributed by atoms with Crippen molar-refractivity contribution < 1.29 is 9.47 Å². The molecule has 3 rings (SSSR count). The Morgan fingerprint density at radius 2 is 1.95 bits per heavy atom. The molecular weight excluding hydrogens is 278 g/mol. The minimum absolute atomic E-state index is 0.390. The van der Waals surface area contributed by atoms with Gasteiger partial charge in [-0.1, -0.05) is 18.2 Å². The van der Waals surface area contributed by atoms with Crippen LogP contribution in [0.1, 0.15) is 16.8 Å². The SMILES string of the molecule is COc1ccccc1COc1nncc2c(C)c(C)n(C)c12. The van der Waals surface area contributed by atoms with Crippen LogP contribution in [0.5, 0.6) is 11.6 Å². The maximum Gasteiger partial charge on any atom is 0.258 e. The van der Waals surface area contributed by atoms with Gasteiger partial charge in [-0.05, 0) is 25.5 Å². The molecule has 0 amide bonds. The van der Waals surface area contributed by atoms with Crippen LogP contribution in [0.15, 0.2) is 30.5 Å². The number of aromatic nitrogens is 3. The van der Waals surface area contributed by atoms with Gasteiger partial charge in [0, 0.05) is 23.7 Å². The highest BCUT2D eigenvalue weighted by atomic mass is 16.5. The molecule has 2 aromatic heterocycles. The van der Waals surface area contributed by atoms with Gasteiger partial charge in [0.25, 0.3) is 5.88 Å². The van der Waals surface area contributed by atoms with Gasteiger partial charge < -0.3 is 14.0 Å². The van der Waals surface area contributed by atoms with Crippen LogP contribution in [-0.2, 0) is 13.7 Å². The molecule has 22 heavy (non-hydrogen) atoms. The van der Waals surface area contributed by atoms with Crippen LogP contribution in [0.3, 0.4) is 0 Å². The Morgan fingerprint density at radius 3 is 2.73 bits per heavy atom. The zero-order valence-corrected chi connectivity index (χ0v) is 13.3. The lowest BCUT2D eigenvalue weighted by atomic mass is 10.2. The van der Waals surface area contributed by atoms with Crippen LogP contribution in [0.25, 0.3) is 10.9 Å². The summed E-state index contributed by atoms with van der Waals surface area (Å²) < 4.78 is 13.4. The summed E-state index contributed by atoms with van der Waals surface area (Å²) in [6.07, 6.45) is 1.79. The monoisotopic (exact) mass is 297 g/mol. The summed E-state index contributed by atoms with van der Waals surface area (Å²) in [7, 11) is 3.67. The molecule has 0 radical (unpaired) electrons. The second kappa shape index (κ2) is 5.67. The van der Waals surface area contributed by atoms with Crippen LogP contribution < -0.4 is 9.47 Å². The Kier molecular flexibility index (Phi) is 3.71. The first-order valence-electron chi connectivity index (χ1n) is 7.15. The van der Waals surface area contributed by atoms with Crippen molar-refractivity contribution in [3.8, 4) is 11.6 Å². The van der Waals surface area contributed by atoms with Gasteiger partial charge >= 0.3 is 0 Å². The van der Waals surface area contributed by atoms with Gasteiger partial charge in [0.15, 0.2) is 0 Å². The third-order valence-corrected chi connectivity index (χ3v) is 4.14. The fourth-order valence-electron chi connectivity index (χ4n) is 2.64. The summed E-state index contributed by atoms with van der Waals surface area (Å²) in [5, 5.41) is 9.30. The van der Waals surface area contributed by atoms with E-state index in [0.717, 1.165) is 22.2 Å². The summed E-state index contributed by atoms with van der Waals surface area (Å²) in [6, 6.07) is 7.80. The minimum Gasteiger partial charge on any atom is -0.496 e. The molecular formula is C17H19N3O2. The van der Waals surface area contributed by atoms with Gasteiger partial charge in [0.05, 0.1) is 13.3 Å². The van der Waals surface area contributed by atoms with Crippen LogP contribution in [0, 0.1) is 13.8 Å². The lowest BCUT2D eigenvalue weighted by molar-refractivity contribution is 0.285. The summed E-state index contributed by atoms with van der Waals surface area (Å²) in [4.78, 5) is 0. The molecule has 2 heterocycles. The number of hydrogen-bond donors (Lipinski definition) is 0. The molecule has 0 aliphatic heterocycles. The Bertz CT molecular complexity index is 824. The lowest BCUT2D eigenvalue weighted by Gasteiger charge is -2.10. The van der Waals surface area contributed by atoms with E-state index in [4.69, 9.17) is 9.47 Å². The van der Waals surface area contributed by atoms with Crippen molar-refractivity contribution in [1.82, 2.24) is 14.8 Å². The highest BCUT2D eigenvalue weighted by molar-refractivity contribution is 5.87. The number of fused-ring (bicyclic) bond motifs is 1. The van der Waals surface area contributed by atoms with E-state index in [1.165, 1.54) is 11.3 Å². The number of nitrogens with zero attached hydrogens (tertiary/aromatic N) is 3. The molecule has 0 atom stereocenters. The molecule has 1 aromatic carbocycles. The minimum atomic E-state index is 0.390. The largest absolute Gasteiger partial charge is 0.496 e. The lowest BCUT2D eigenvalue weighted by Crippen LogP contribution is -2.02. The van der Waals surface area contributed by atoms with E-state index in [1.54, 1.807) is 13.3 Å². The zero-order valence-electron chi connectivity index (χ0n) is 13.3. The molecule has 0 bridgehead atoms. The molecule has 0 aliphatic carbocycles. The Labute approximate surface area is 129 Å². The number of ether oxygens (including phenoxy) is 2. The van der Waals surface area contributed by atoms with Gasteiger partial charge in [-0.2, -0.15) is 5.10 Å². The molecule has 0 fully saturated rings. The molecule has 0 N–H and O–H groups in total. The molecule has 0 saturated heterocycles. The predicted octanol–water partition coefficient (Wildman–Crippen LogP) is 3.17. The Hall–Kier alpha value is -2.56. The first-order chi connectivity index (χ1) is 10.6. The van der Waals surface area contributed by atoms with Crippen molar-refractivity contribution in [1.29, 1.82) is 0 Å². The van der Waals surface area contributed by atoms with Crippen molar-refractivity contribution in [3.63, 3.8) is 0 Å². The van der Waals surface area contributed by atoms with Crippen LogP contribution in [0.2, 0.25) is 0 Å². The summed E-state index contributed by atoms with van der Waals surface area (Å²) in [6.45, 7) is 4.56. The molecule has 0 spiro atoms. The Balaban J connectivity index is 1.96. The first kappa shape index (κ1) is 14.4. The first-order valence-corrected chi connectivity index (χ1v) is 7.15. The summed E-state index contributed by atoms with van der Waals surface area (Å²) >= 11 is 0. The molecule has 114 valence electrons. The van der Waals surface area contributed by atoms with Gasteiger partial charge in [0.2, 0.25) is 0 Å². The average Bonchev–Trinajstić information content (AvgIpc) is 2.78. The number of hydrogen-bond acceptors (Lipinski definition) is 4. The molecule has 0 aliphatic rings. The quantitative estimate of drug-likeness (QED) is 0.742. The standard InChI is InChI=1S/C17H19N3O2/c1-11-12(2)20(3)16-14(11)9-18-19-17(16)22-10-13-7-5-6-8-15(13)21-4/h5-9H,10H2,1-4H3. The number of rotatable bonds is 4. The van der Waals surface area contributed by atoms with Gasteiger partial charge in [-0.25, -0.2) is 0 Å². The molecule has 5 heteroatoms. The van der Waals surface area contributed by atoms with Gasteiger partial charge in [-0.15, -0.1) is 5.10 Å². The maximum atomic E-state index is 5.92. The average molecular weight is 297 g/mol. The van der Waals surface area contributed by atoms with Crippen molar-refractivity contribution in [2.75, 3.05) is 7.11 Å². The number of para-hydroxylation sites is 1. The maximum absolute atomic E-state index is 5.92. The topological polar surface area (TPSA) is 49.2 Å². The van der Waals surface area contributed by atoms with E-state index in [2.05, 4.69) is 28.6 Å². The van der Waals surface area contributed by atoms with E-state index < -0.39 is 0 Å². The van der Waals surface area contributed by atoms with Crippen molar-refractivity contribution in [2.45, 2.75) is 20.5 Å². The van der Waals surface area contributed by atoms with E-state index in [-0.39, 0.29) is 0 Å². The van der Waals surface area contributed by atoms with E-state index >= 15 is 0 Å². The number of methoxy groups -OCH3 is 1. The van der Waals surface area contributed by atoms with Crippen LogP contribution in [0.4, 0.5) is 0 Å². The van der Waals surface area contributed by atoms with Crippen molar-refractivity contribution >= 4 is 10.9 Å². The fourth-order valence-corrected chi connectivity index (χ4v) is 2.64. The van der Waals surface area contributed by atoms with Gasteiger partial charge in [-0.3, -0.25) is 0 Å². The third-order valence-electron chi connectivity index (χ3n) is 4.14. The normalized spacial score (nSPS) is 10.9. The smallest absolute Gasteiger partial charge is 0.258 e. The van der Waals surface area contributed by atoms with Crippen LogP contribution >= 0.6 is 0 Å². The molecule has 0 saturated carbocycles. The number of aryl methyl sites for hydroxylation is 2. The molecule has 5 nitrogen and oxygen atoms in total. The predicted molar refractivity (Wildman–Crippen MR) is 85.3 cm³/mol. The highest BCUT2D eigenvalue weighted by Crippen LogP contribution is 2.29. The van der Waals surface area contributed by atoms with E-state index in [1.807, 2.05) is 31.3 Å². The third kappa shape index (κ3) is 2.28. The highest BCUT2D eigenvalue weighted by Gasteiger charge is 2.15.